The smallest absolute Gasteiger partial charge is 0.137 e. The summed E-state index contributed by atoms with van der Waals surface area (Å²) < 4.78 is 13.9. The highest BCUT2D eigenvalue weighted by atomic mass is 79.9. The van der Waals surface area contributed by atoms with Crippen LogP contribution >= 0.6 is 15.9 Å². The van der Waals surface area contributed by atoms with E-state index in [1.165, 1.54) is 32.1 Å². The molecular weight excluding hydrogens is 293 g/mol. The van der Waals surface area contributed by atoms with Gasteiger partial charge in [0, 0.05) is 13.1 Å². The van der Waals surface area contributed by atoms with Gasteiger partial charge in [-0.2, -0.15) is 0 Å². The van der Waals surface area contributed by atoms with Gasteiger partial charge in [-0.3, -0.25) is 0 Å². The lowest BCUT2D eigenvalue weighted by atomic mass is 9.83. The van der Waals surface area contributed by atoms with Crippen LogP contribution in [0.3, 0.4) is 0 Å². The SMILES string of the molecule is CCC1(CNCc2ccc(Br)c(F)c2)CCCC1. The quantitative estimate of drug-likeness (QED) is 0.834. The van der Waals surface area contributed by atoms with Crippen LogP contribution < -0.4 is 5.32 Å². The molecule has 0 spiro atoms. The summed E-state index contributed by atoms with van der Waals surface area (Å²) in [5, 5.41) is 3.50. The van der Waals surface area contributed by atoms with Gasteiger partial charge in [0.1, 0.15) is 5.82 Å². The lowest BCUT2D eigenvalue weighted by Gasteiger charge is -2.27. The first kappa shape index (κ1) is 14.0. The Morgan fingerprint density at radius 2 is 2.06 bits per heavy atom. The average Bonchev–Trinajstić information content (AvgIpc) is 2.83. The van der Waals surface area contributed by atoms with Crippen molar-refractivity contribution in [2.75, 3.05) is 6.54 Å². The van der Waals surface area contributed by atoms with Crippen molar-refractivity contribution >= 4 is 15.9 Å². The van der Waals surface area contributed by atoms with Crippen LogP contribution in [-0.4, -0.2) is 6.54 Å². The molecular formula is C15H21BrFN. The molecule has 0 amide bonds. The first-order chi connectivity index (χ1) is 8.65. The van der Waals surface area contributed by atoms with Crippen molar-refractivity contribution in [2.45, 2.75) is 45.6 Å². The van der Waals surface area contributed by atoms with E-state index >= 15 is 0 Å². The summed E-state index contributed by atoms with van der Waals surface area (Å²) in [5.41, 5.74) is 1.51. The molecule has 1 nitrogen and oxygen atoms in total. The lowest BCUT2D eigenvalue weighted by Crippen LogP contribution is -2.31. The minimum absolute atomic E-state index is 0.180. The van der Waals surface area contributed by atoms with E-state index in [4.69, 9.17) is 0 Å². The number of nitrogens with one attached hydrogen (secondary N) is 1. The van der Waals surface area contributed by atoms with Crippen molar-refractivity contribution in [2.24, 2.45) is 5.41 Å². The Labute approximate surface area is 117 Å². The molecule has 1 fully saturated rings. The second-order valence-corrected chi connectivity index (χ2v) is 6.27. The molecule has 100 valence electrons. The molecule has 18 heavy (non-hydrogen) atoms. The molecule has 0 aromatic heterocycles. The van der Waals surface area contributed by atoms with E-state index in [1.54, 1.807) is 12.1 Å². The van der Waals surface area contributed by atoms with Crippen LogP contribution in [0.5, 0.6) is 0 Å². The van der Waals surface area contributed by atoms with Gasteiger partial charge in [-0.15, -0.1) is 0 Å². The molecule has 1 aliphatic rings. The van der Waals surface area contributed by atoms with Crippen LogP contribution in [0.25, 0.3) is 0 Å². The Bertz CT molecular complexity index is 399. The van der Waals surface area contributed by atoms with Crippen LogP contribution in [0.1, 0.15) is 44.6 Å². The molecule has 0 saturated heterocycles. The molecule has 0 bridgehead atoms. The predicted molar refractivity (Wildman–Crippen MR) is 77.0 cm³/mol. The number of benzene rings is 1. The van der Waals surface area contributed by atoms with Crippen LogP contribution in [0.4, 0.5) is 4.39 Å². The second-order valence-electron chi connectivity index (χ2n) is 5.41. The van der Waals surface area contributed by atoms with E-state index in [1.807, 2.05) is 6.07 Å². The highest BCUT2D eigenvalue weighted by Gasteiger charge is 2.31. The molecule has 1 aromatic rings. The monoisotopic (exact) mass is 313 g/mol. The van der Waals surface area contributed by atoms with Gasteiger partial charge in [-0.05, 0) is 58.3 Å². The number of hydrogen-bond acceptors (Lipinski definition) is 1. The Kier molecular flexibility index (Phi) is 4.79. The highest BCUT2D eigenvalue weighted by molar-refractivity contribution is 9.10. The lowest BCUT2D eigenvalue weighted by molar-refractivity contribution is 0.268. The van der Waals surface area contributed by atoms with Gasteiger partial charge in [-0.1, -0.05) is 25.8 Å². The van der Waals surface area contributed by atoms with E-state index in [-0.39, 0.29) is 5.82 Å². The van der Waals surface area contributed by atoms with Gasteiger partial charge < -0.3 is 5.32 Å². The minimum Gasteiger partial charge on any atom is -0.312 e. The molecule has 0 aliphatic heterocycles. The zero-order chi connectivity index (χ0) is 13.0. The van der Waals surface area contributed by atoms with Crippen LogP contribution in [0.15, 0.2) is 22.7 Å². The molecule has 1 saturated carbocycles. The fraction of sp³-hybridized carbons (Fsp3) is 0.600. The molecule has 1 aliphatic carbocycles. The zero-order valence-corrected chi connectivity index (χ0v) is 12.5. The summed E-state index contributed by atoms with van der Waals surface area (Å²) in [7, 11) is 0. The van der Waals surface area contributed by atoms with Crippen molar-refractivity contribution in [3.63, 3.8) is 0 Å². The molecule has 0 radical (unpaired) electrons. The van der Waals surface area contributed by atoms with Gasteiger partial charge in [0.05, 0.1) is 4.47 Å². The summed E-state index contributed by atoms with van der Waals surface area (Å²) in [4.78, 5) is 0. The third kappa shape index (κ3) is 3.33. The van der Waals surface area contributed by atoms with Crippen molar-refractivity contribution in [1.82, 2.24) is 5.32 Å². The van der Waals surface area contributed by atoms with Crippen molar-refractivity contribution in [3.05, 3.63) is 34.1 Å². The van der Waals surface area contributed by atoms with Crippen molar-refractivity contribution in [1.29, 1.82) is 0 Å². The Balaban J connectivity index is 1.86. The summed E-state index contributed by atoms with van der Waals surface area (Å²) in [5.74, 6) is -0.180. The van der Waals surface area contributed by atoms with Gasteiger partial charge in [0.25, 0.3) is 0 Å². The first-order valence-corrected chi connectivity index (χ1v) is 7.59. The van der Waals surface area contributed by atoms with Gasteiger partial charge in [0.15, 0.2) is 0 Å². The van der Waals surface area contributed by atoms with Gasteiger partial charge >= 0.3 is 0 Å². The average molecular weight is 314 g/mol. The topological polar surface area (TPSA) is 12.0 Å². The van der Waals surface area contributed by atoms with Crippen LogP contribution in [-0.2, 0) is 6.54 Å². The molecule has 0 atom stereocenters. The van der Waals surface area contributed by atoms with E-state index < -0.39 is 0 Å². The highest BCUT2D eigenvalue weighted by Crippen LogP contribution is 2.40. The Morgan fingerprint density at radius 3 is 2.67 bits per heavy atom. The maximum atomic E-state index is 13.4. The normalized spacial score (nSPS) is 18.2. The summed E-state index contributed by atoms with van der Waals surface area (Å²) in [6.45, 7) is 4.10. The molecule has 3 heteroatoms. The maximum Gasteiger partial charge on any atom is 0.137 e. The predicted octanol–water partition coefficient (Wildman–Crippen LogP) is 4.65. The third-order valence-corrected chi connectivity index (χ3v) is 4.87. The number of halogens is 2. The van der Waals surface area contributed by atoms with E-state index in [2.05, 4.69) is 28.2 Å². The Hall–Kier alpha value is -0.410. The fourth-order valence-electron chi connectivity index (χ4n) is 2.90. The standard InChI is InChI=1S/C15H21BrFN/c1-2-15(7-3-4-8-15)11-18-10-12-5-6-13(16)14(17)9-12/h5-6,9,18H,2-4,7-8,10-11H2,1H3. The van der Waals surface area contributed by atoms with E-state index in [9.17, 15) is 4.39 Å². The number of rotatable bonds is 5. The second kappa shape index (κ2) is 6.16. The summed E-state index contributed by atoms with van der Waals surface area (Å²) >= 11 is 3.18. The van der Waals surface area contributed by atoms with Crippen LogP contribution in [0.2, 0.25) is 0 Å². The summed E-state index contributed by atoms with van der Waals surface area (Å²) in [6.07, 6.45) is 6.65. The zero-order valence-electron chi connectivity index (χ0n) is 10.9. The van der Waals surface area contributed by atoms with Crippen molar-refractivity contribution in [3.8, 4) is 0 Å². The molecule has 1 aromatic carbocycles. The molecule has 0 heterocycles. The minimum atomic E-state index is -0.180. The molecule has 1 N–H and O–H groups in total. The maximum absolute atomic E-state index is 13.4. The molecule has 2 rings (SSSR count). The number of hydrogen-bond donors (Lipinski definition) is 1. The van der Waals surface area contributed by atoms with Gasteiger partial charge in [-0.25, -0.2) is 4.39 Å². The van der Waals surface area contributed by atoms with Crippen molar-refractivity contribution < 1.29 is 4.39 Å². The fourth-order valence-corrected chi connectivity index (χ4v) is 3.15. The molecule has 0 unspecified atom stereocenters. The largest absolute Gasteiger partial charge is 0.312 e. The van der Waals surface area contributed by atoms with Gasteiger partial charge in [0.2, 0.25) is 0 Å². The Morgan fingerprint density at radius 1 is 1.33 bits per heavy atom. The summed E-state index contributed by atoms with van der Waals surface area (Å²) in [6, 6.07) is 5.34. The van der Waals surface area contributed by atoms with Crippen LogP contribution in [0, 0.1) is 11.2 Å². The third-order valence-electron chi connectivity index (χ3n) is 4.23. The first-order valence-electron chi connectivity index (χ1n) is 6.80. The van der Waals surface area contributed by atoms with E-state index in [0.717, 1.165) is 18.7 Å². The van der Waals surface area contributed by atoms with E-state index in [0.29, 0.717) is 9.89 Å².